The van der Waals surface area contributed by atoms with Gasteiger partial charge in [0.05, 0.1) is 11.0 Å². The standard InChI is InChI=1S/C16H16N2/c1-12(13-7-3-2-4-8-13)11-16-17-14-9-5-6-10-15(14)18-16/h2-10,12H,11H2,1H3,(H,17,18). The number of fused-ring (bicyclic) bond motifs is 1. The molecule has 2 aromatic carbocycles. The summed E-state index contributed by atoms with van der Waals surface area (Å²) in [4.78, 5) is 8.01. The summed E-state index contributed by atoms with van der Waals surface area (Å²) < 4.78 is 0. The fourth-order valence-electron chi connectivity index (χ4n) is 2.29. The Balaban J connectivity index is 1.84. The lowest BCUT2D eigenvalue weighted by molar-refractivity contribution is 0.729. The molecular weight excluding hydrogens is 220 g/mol. The molecule has 1 N–H and O–H groups in total. The number of aromatic nitrogens is 2. The van der Waals surface area contributed by atoms with Gasteiger partial charge in [-0.2, -0.15) is 0 Å². The van der Waals surface area contributed by atoms with E-state index >= 15 is 0 Å². The van der Waals surface area contributed by atoms with Gasteiger partial charge in [-0.15, -0.1) is 0 Å². The number of para-hydroxylation sites is 2. The number of imidazole rings is 1. The van der Waals surface area contributed by atoms with Crippen LogP contribution < -0.4 is 0 Å². The summed E-state index contributed by atoms with van der Waals surface area (Å²) in [6.07, 6.45) is 0.943. The Kier molecular flexibility index (Phi) is 2.85. The first-order chi connectivity index (χ1) is 8.83. The SMILES string of the molecule is CC(Cc1nc2ccccc2[nH]1)c1ccccc1. The van der Waals surface area contributed by atoms with Gasteiger partial charge in [0, 0.05) is 6.42 Å². The van der Waals surface area contributed by atoms with Gasteiger partial charge in [0.1, 0.15) is 5.82 Å². The second-order valence-corrected chi connectivity index (χ2v) is 4.72. The largest absolute Gasteiger partial charge is 0.342 e. The molecule has 90 valence electrons. The molecule has 3 aromatic rings. The molecule has 0 fully saturated rings. The molecule has 0 saturated carbocycles. The highest BCUT2D eigenvalue weighted by Gasteiger charge is 2.09. The average Bonchev–Trinajstić information content (AvgIpc) is 2.82. The first-order valence-electron chi connectivity index (χ1n) is 6.31. The Hall–Kier alpha value is -2.09. The lowest BCUT2D eigenvalue weighted by atomic mass is 9.98. The summed E-state index contributed by atoms with van der Waals surface area (Å²) in [6.45, 7) is 2.24. The van der Waals surface area contributed by atoms with Crippen molar-refractivity contribution in [1.82, 2.24) is 9.97 Å². The topological polar surface area (TPSA) is 28.7 Å². The van der Waals surface area contributed by atoms with E-state index in [-0.39, 0.29) is 0 Å². The van der Waals surface area contributed by atoms with E-state index in [1.165, 1.54) is 5.56 Å². The molecule has 1 aromatic heterocycles. The molecular formula is C16H16N2. The third-order valence-electron chi connectivity index (χ3n) is 3.31. The maximum absolute atomic E-state index is 4.62. The van der Waals surface area contributed by atoms with Crippen LogP contribution in [0, 0.1) is 0 Å². The zero-order valence-electron chi connectivity index (χ0n) is 10.4. The Morgan fingerprint density at radius 1 is 1.00 bits per heavy atom. The molecule has 0 aliphatic carbocycles. The molecule has 2 nitrogen and oxygen atoms in total. The van der Waals surface area contributed by atoms with Crippen molar-refractivity contribution >= 4 is 11.0 Å². The first-order valence-corrected chi connectivity index (χ1v) is 6.31. The van der Waals surface area contributed by atoms with Crippen LogP contribution in [-0.2, 0) is 6.42 Å². The second kappa shape index (κ2) is 4.65. The fourth-order valence-corrected chi connectivity index (χ4v) is 2.29. The molecule has 0 saturated heterocycles. The van der Waals surface area contributed by atoms with Crippen LogP contribution in [-0.4, -0.2) is 9.97 Å². The third kappa shape index (κ3) is 2.14. The van der Waals surface area contributed by atoms with Crippen LogP contribution in [0.3, 0.4) is 0 Å². The van der Waals surface area contributed by atoms with Gasteiger partial charge in [-0.3, -0.25) is 0 Å². The summed E-state index contributed by atoms with van der Waals surface area (Å²) in [5.41, 5.74) is 3.53. The highest BCUT2D eigenvalue weighted by Crippen LogP contribution is 2.20. The van der Waals surface area contributed by atoms with Crippen molar-refractivity contribution in [2.45, 2.75) is 19.3 Å². The summed E-state index contributed by atoms with van der Waals surface area (Å²) in [5.74, 6) is 1.54. The lowest BCUT2D eigenvalue weighted by Crippen LogP contribution is -1.99. The van der Waals surface area contributed by atoms with E-state index in [4.69, 9.17) is 0 Å². The molecule has 0 spiro atoms. The highest BCUT2D eigenvalue weighted by molar-refractivity contribution is 5.74. The van der Waals surface area contributed by atoms with E-state index in [2.05, 4.69) is 53.3 Å². The van der Waals surface area contributed by atoms with Crippen LogP contribution in [0.1, 0.15) is 24.2 Å². The van der Waals surface area contributed by atoms with Crippen LogP contribution in [0.5, 0.6) is 0 Å². The van der Waals surface area contributed by atoms with Crippen molar-refractivity contribution in [2.24, 2.45) is 0 Å². The Labute approximate surface area is 107 Å². The number of rotatable bonds is 3. The third-order valence-corrected chi connectivity index (χ3v) is 3.31. The lowest BCUT2D eigenvalue weighted by Gasteiger charge is -2.09. The summed E-state index contributed by atoms with van der Waals surface area (Å²) in [6, 6.07) is 18.7. The zero-order chi connectivity index (χ0) is 12.4. The van der Waals surface area contributed by atoms with Crippen molar-refractivity contribution in [3.05, 3.63) is 66.0 Å². The van der Waals surface area contributed by atoms with E-state index in [1.807, 2.05) is 18.2 Å². The van der Waals surface area contributed by atoms with Gasteiger partial charge in [0.2, 0.25) is 0 Å². The number of H-pyrrole nitrogens is 1. The normalized spacial score (nSPS) is 12.7. The molecule has 1 atom stereocenters. The van der Waals surface area contributed by atoms with Crippen LogP contribution >= 0.6 is 0 Å². The Bertz CT molecular complexity index is 607. The van der Waals surface area contributed by atoms with Crippen molar-refractivity contribution in [1.29, 1.82) is 0 Å². The van der Waals surface area contributed by atoms with Gasteiger partial charge >= 0.3 is 0 Å². The molecule has 1 unspecified atom stereocenters. The average molecular weight is 236 g/mol. The predicted molar refractivity (Wildman–Crippen MR) is 74.7 cm³/mol. The van der Waals surface area contributed by atoms with Crippen LogP contribution in [0.2, 0.25) is 0 Å². The number of hydrogen-bond donors (Lipinski definition) is 1. The van der Waals surface area contributed by atoms with Gasteiger partial charge < -0.3 is 4.98 Å². The predicted octanol–water partition coefficient (Wildman–Crippen LogP) is 3.91. The first kappa shape index (κ1) is 11.0. The van der Waals surface area contributed by atoms with Crippen molar-refractivity contribution in [2.75, 3.05) is 0 Å². The number of benzene rings is 2. The summed E-state index contributed by atoms with van der Waals surface area (Å²) in [7, 11) is 0. The quantitative estimate of drug-likeness (QED) is 0.733. The maximum Gasteiger partial charge on any atom is 0.107 e. The van der Waals surface area contributed by atoms with Crippen molar-refractivity contribution < 1.29 is 0 Å². The van der Waals surface area contributed by atoms with Gasteiger partial charge in [0.15, 0.2) is 0 Å². The molecule has 1 heterocycles. The zero-order valence-corrected chi connectivity index (χ0v) is 10.4. The molecule has 18 heavy (non-hydrogen) atoms. The smallest absolute Gasteiger partial charge is 0.107 e. The summed E-state index contributed by atoms with van der Waals surface area (Å²) in [5, 5.41) is 0. The molecule has 2 heteroatoms. The number of nitrogens with zero attached hydrogens (tertiary/aromatic N) is 1. The minimum Gasteiger partial charge on any atom is -0.342 e. The highest BCUT2D eigenvalue weighted by atomic mass is 14.9. The molecule has 0 bridgehead atoms. The van der Waals surface area contributed by atoms with Gasteiger partial charge in [-0.25, -0.2) is 4.98 Å². The van der Waals surface area contributed by atoms with Gasteiger partial charge in [-0.05, 0) is 23.6 Å². The van der Waals surface area contributed by atoms with E-state index in [1.54, 1.807) is 0 Å². The van der Waals surface area contributed by atoms with E-state index in [0.29, 0.717) is 5.92 Å². The van der Waals surface area contributed by atoms with Gasteiger partial charge in [-0.1, -0.05) is 49.4 Å². The second-order valence-electron chi connectivity index (χ2n) is 4.72. The van der Waals surface area contributed by atoms with E-state index < -0.39 is 0 Å². The monoisotopic (exact) mass is 236 g/mol. The van der Waals surface area contributed by atoms with E-state index in [9.17, 15) is 0 Å². The Morgan fingerprint density at radius 3 is 2.50 bits per heavy atom. The van der Waals surface area contributed by atoms with E-state index in [0.717, 1.165) is 23.3 Å². The maximum atomic E-state index is 4.62. The Morgan fingerprint density at radius 2 is 1.72 bits per heavy atom. The van der Waals surface area contributed by atoms with Crippen LogP contribution in [0.25, 0.3) is 11.0 Å². The molecule has 0 amide bonds. The van der Waals surface area contributed by atoms with Crippen LogP contribution in [0.4, 0.5) is 0 Å². The number of hydrogen-bond acceptors (Lipinski definition) is 1. The van der Waals surface area contributed by atoms with Crippen molar-refractivity contribution in [3.8, 4) is 0 Å². The molecule has 0 aliphatic heterocycles. The number of aromatic amines is 1. The minimum absolute atomic E-state index is 0.478. The fraction of sp³-hybridized carbons (Fsp3) is 0.188. The summed E-state index contributed by atoms with van der Waals surface area (Å²) >= 11 is 0. The molecule has 0 radical (unpaired) electrons. The molecule has 3 rings (SSSR count). The number of nitrogens with one attached hydrogen (secondary N) is 1. The van der Waals surface area contributed by atoms with Gasteiger partial charge in [0.25, 0.3) is 0 Å². The minimum atomic E-state index is 0.478. The molecule has 0 aliphatic rings. The van der Waals surface area contributed by atoms with Crippen LogP contribution in [0.15, 0.2) is 54.6 Å². The van der Waals surface area contributed by atoms with Crippen molar-refractivity contribution in [3.63, 3.8) is 0 Å².